The molecular weight excluding hydrogens is 842 g/mol. The Morgan fingerprint density at radius 3 is 1.28 bits per heavy atom. The number of aliphatic hydroxyl groups excluding tert-OH is 1. The van der Waals surface area contributed by atoms with Crippen molar-refractivity contribution in [3.05, 3.63) is 24.3 Å². The lowest BCUT2D eigenvalue weighted by Gasteiger charge is -2.18. The number of unbranched alkanes of at least 4 members (excludes halogenated alkanes) is 33. The van der Waals surface area contributed by atoms with Gasteiger partial charge < -0.3 is 25.2 Å². The number of nitrogens with one attached hydrogen (secondary N) is 1. The fourth-order valence-corrected chi connectivity index (χ4v) is 8.59. The Balaban J connectivity index is 3.78. The largest absolute Gasteiger partial charge is 0.480 e. The molecule has 3 unspecified atom stereocenters. The van der Waals surface area contributed by atoms with Crippen LogP contribution in [-0.4, -0.2) is 64.9 Å². The van der Waals surface area contributed by atoms with Gasteiger partial charge in [0.2, 0.25) is 5.91 Å². The summed E-state index contributed by atoms with van der Waals surface area (Å²) in [6, 6.07) is -1.55. The van der Waals surface area contributed by atoms with Gasteiger partial charge in [0, 0.05) is 12.8 Å². The molecule has 0 aromatic rings. The van der Waals surface area contributed by atoms with Gasteiger partial charge in [-0.05, 0) is 44.9 Å². The molecule has 0 aliphatic carbocycles. The lowest BCUT2D eigenvalue weighted by molar-refractivity contribution is -0.147. The molecule has 0 rings (SSSR count). The maximum absolute atomic E-state index is 12.4. The number of carboxylic acids is 1. The number of carboxylic acid groups (broad SMARTS) is 1. The van der Waals surface area contributed by atoms with Crippen LogP contribution in [0.15, 0.2) is 24.3 Å². The van der Waals surface area contributed by atoms with Crippen molar-refractivity contribution in [2.24, 2.45) is 0 Å². The van der Waals surface area contributed by atoms with Crippen molar-refractivity contribution in [1.29, 1.82) is 0 Å². The third-order valence-electron chi connectivity index (χ3n) is 12.0. The smallest absolute Gasteiger partial charge is 0.472 e. The summed E-state index contributed by atoms with van der Waals surface area (Å²) >= 11 is 0. The number of carbonyl (C=O) groups excluding carboxylic acids is 2. The first kappa shape index (κ1) is 63.0. The van der Waals surface area contributed by atoms with Crippen LogP contribution in [0.25, 0.3) is 0 Å². The first-order chi connectivity index (χ1) is 31.6. The Morgan fingerprint density at radius 1 is 0.492 bits per heavy atom. The van der Waals surface area contributed by atoms with Gasteiger partial charge in [0.1, 0.15) is 12.7 Å². The van der Waals surface area contributed by atoms with E-state index in [1.54, 1.807) is 0 Å². The molecule has 0 spiro atoms. The number of carbonyl (C=O) groups is 3. The molecule has 0 aromatic carbocycles. The van der Waals surface area contributed by atoms with E-state index in [9.17, 15) is 34.1 Å². The van der Waals surface area contributed by atoms with Gasteiger partial charge in [0.15, 0.2) is 6.04 Å². The molecule has 0 saturated heterocycles. The highest BCUT2D eigenvalue weighted by molar-refractivity contribution is 7.47. The number of allylic oxidation sites excluding steroid dienone is 4. The fourth-order valence-electron chi connectivity index (χ4n) is 7.82. The Morgan fingerprint density at radius 2 is 0.846 bits per heavy atom. The second-order valence-electron chi connectivity index (χ2n) is 18.4. The second-order valence-corrected chi connectivity index (χ2v) is 19.9. The van der Waals surface area contributed by atoms with E-state index < -0.39 is 57.6 Å². The van der Waals surface area contributed by atoms with Crippen LogP contribution in [0, 0.1) is 0 Å². The van der Waals surface area contributed by atoms with E-state index in [-0.39, 0.29) is 12.8 Å². The van der Waals surface area contributed by atoms with Gasteiger partial charge >= 0.3 is 19.8 Å². The van der Waals surface area contributed by atoms with E-state index in [1.165, 1.54) is 180 Å². The Bertz CT molecular complexity index is 1200. The molecule has 0 radical (unpaired) electrons. The molecule has 0 heterocycles. The average molecular weight is 942 g/mol. The SMILES string of the molecule is CCCCC/C=C\C/C=C\CCCCCCCCCCCCCCCC(=O)NC(COP(=O)(O)OCC(O)COC(=O)CCCCCCCCCCCCCCCCCCCC)C(=O)O. The second kappa shape index (κ2) is 48.4. The fraction of sp³-hybridized carbons (Fsp3) is 0.868. The molecule has 382 valence electrons. The topological polar surface area (TPSA) is 169 Å². The zero-order valence-corrected chi connectivity index (χ0v) is 42.7. The van der Waals surface area contributed by atoms with Gasteiger partial charge in [-0.3, -0.25) is 18.6 Å². The number of hydrogen-bond donors (Lipinski definition) is 4. The number of phosphoric acid groups is 1. The monoisotopic (exact) mass is 942 g/mol. The molecular formula is C53H100NO10P. The number of rotatable bonds is 51. The number of aliphatic carboxylic acids is 1. The van der Waals surface area contributed by atoms with Crippen LogP contribution in [-0.2, 0) is 32.7 Å². The molecule has 0 aliphatic rings. The van der Waals surface area contributed by atoms with Crippen LogP contribution >= 0.6 is 7.82 Å². The van der Waals surface area contributed by atoms with Crippen LogP contribution in [0.3, 0.4) is 0 Å². The number of aliphatic hydroxyl groups is 1. The quantitative estimate of drug-likeness (QED) is 0.0199. The molecule has 65 heavy (non-hydrogen) atoms. The van der Waals surface area contributed by atoms with Crippen molar-refractivity contribution >= 4 is 25.7 Å². The van der Waals surface area contributed by atoms with E-state index in [4.69, 9.17) is 13.8 Å². The van der Waals surface area contributed by atoms with Crippen molar-refractivity contribution < 1.29 is 47.8 Å². The molecule has 3 atom stereocenters. The molecule has 0 aromatic heterocycles. The summed E-state index contributed by atoms with van der Waals surface area (Å²) in [6.07, 6.45) is 53.4. The van der Waals surface area contributed by atoms with Crippen LogP contribution in [0.4, 0.5) is 0 Å². The maximum Gasteiger partial charge on any atom is 0.472 e. The highest BCUT2D eigenvalue weighted by Gasteiger charge is 2.28. The Labute approximate surface area is 398 Å². The van der Waals surface area contributed by atoms with Gasteiger partial charge in [-0.2, -0.15) is 0 Å². The van der Waals surface area contributed by atoms with Crippen molar-refractivity contribution in [3.63, 3.8) is 0 Å². The van der Waals surface area contributed by atoms with Crippen molar-refractivity contribution in [2.45, 2.75) is 276 Å². The minimum atomic E-state index is -4.76. The van der Waals surface area contributed by atoms with Gasteiger partial charge in [-0.1, -0.05) is 231 Å². The Hall–Kier alpha value is -2.04. The average Bonchev–Trinajstić information content (AvgIpc) is 3.28. The molecule has 0 aliphatic heterocycles. The number of esters is 1. The van der Waals surface area contributed by atoms with Crippen LogP contribution in [0.5, 0.6) is 0 Å². The number of ether oxygens (including phenoxy) is 1. The Kier molecular flexibility index (Phi) is 46.9. The number of amides is 1. The zero-order chi connectivity index (χ0) is 47.7. The highest BCUT2D eigenvalue weighted by atomic mass is 31.2. The third-order valence-corrected chi connectivity index (χ3v) is 12.9. The number of hydrogen-bond acceptors (Lipinski definition) is 8. The summed E-state index contributed by atoms with van der Waals surface area (Å²) in [6.45, 7) is 2.62. The summed E-state index contributed by atoms with van der Waals surface area (Å²) in [7, 11) is -4.76. The summed E-state index contributed by atoms with van der Waals surface area (Å²) in [5.41, 5.74) is 0. The zero-order valence-electron chi connectivity index (χ0n) is 41.8. The first-order valence-electron chi connectivity index (χ1n) is 26.9. The predicted octanol–water partition coefficient (Wildman–Crippen LogP) is 15.0. The minimum absolute atomic E-state index is 0.147. The molecule has 4 N–H and O–H groups in total. The summed E-state index contributed by atoms with van der Waals surface area (Å²) in [5, 5.41) is 22.0. The van der Waals surface area contributed by atoms with Crippen molar-refractivity contribution in [2.75, 3.05) is 19.8 Å². The lowest BCUT2D eigenvalue weighted by Crippen LogP contribution is -2.43. The van der Waals surface area contributed by atoms with Crippen molar-refractivity contribution in [3.8, 4) is 0 Å². The maximum atomic E-state index is 12.4. The van der Waals surface area contributed by atoms with Crippen molar-refractivity contribution in [1.82, 2.24) is 5.32 Å². The molecule has 0 bridgehead atoms. The molecule has 0 saturated carbocycles. The normalized spacial score (nSPS) is 13.7. The van der Waals surface area contributed by atoms with E-state index in [1.807, 2.05) is 0 Å². The standard InChI is InChI=1S/C53H100NO10P/c1-3-5-7-9-11-13-15-17-19-21-23-24-25-26-27-28-30-32-34-36-38-40-42-44-51(56)54-50(53(58)59)48-64-65(60,61)63-47-49(55)46-62-52(57)45-43-41-39-37-35-33-31-29-22-20-18-16-14-12-10-8-6-4-2/h11,13,17,19,49-50,55H,3-10,12,14-16,18,20-48H2,1-2H3,(H,54,56)(H,58,59)(H,60,61)/b13-11-,19-17-. The van der Waals surface area contributed by atoms with E-state index in [0.29, 0.717) is 12.8 Å². The first-order valence-corrected chi connectivity index (χ1v) is 28.4. The van der Waals surface area contributed by atoms with Crippen LogP contribution < -0.4 is 5.32 Å². The molecule has 0 fully saturated rings. The molecule has 11 nitrogen and oxygen atoms in total. The highest BCUT2D eigenvalue weighted by Crippen LogP contribution is 2.43. The summed E-state index contributed by atoms with van der Waals surface area (Å²) < 4.78 is 27.0. The molecule has 12 heteroatoms. The van der Waals surface area contributed by atoms with E-state index >= 15 is 0 Å². The summed E-state index contributed by atoms with van der Waals surface area (Å²) in [4.78, 5) is 46.2. The van der Waals surface area contributed by atoms with Crippen LogP contribution in [0.1, 0.15) is 264 Å². The van der Waals surface area contributed by atoms with Gasteiger partial charge in [0.05, 0.1) is 13.2 Å². The lowest BCUT2D eigenvalue weighted by atomic mass is 10.0. The number of phosphoric ester groups is 1. The molecule has 1 amide bonds. The van der Waals surface area contributed by atoms with Gasteiger partial charge in [0.25, 0.3) is 0 Å². The van der Waals surface area contributed by atoms with Gasteiger partial charge in [-0.15, -0.1) is 0 Å². The van der Waals surface area contributed by atoms with Gasteiger partial charge in [-0.25, -0.2) is 9.36 Å². The van der Waals surface area contributed by atoms with E-state index in [2.05, 4.69) is 43.5 Å². The summed E-state index contributed by atoms with van der Waals surface area (Å²) in [5.74, 6) is -2.35. The van der Waals surface area contributed by atoms with Crippen LogP contribution in [0.2, 0.25) is 0 Å². The third kappa shape index (κ3) is 48.2. The predicted molar refractivity (Wildman–Crippen MR) is 268 cm³/mol. The van der Waals surface area contributed by atoms with E-state index in [0.717, 1.165) is 44.9 Å². The minimum Gasteiger partial charge on any atom is -0.480 e.